The van der Waals surface area contributed by atoms with Gasteiger partial charge in [-0.3, -0.25) is 4.79 Å². The number of hydrogen-bond acceptors (Lipinski definition) is 8. The Kier molecular flexibility index (Phi) is 20.9. The van der Waals surface area contributed by atoms with E-state index in [4.69, 9.17) is 9.47 Å². The third kappa shape index (κ3) is 17.7. The minimum absolute atomic E-state index is 0.313. The van der Waals surface area contributed by atoms with Gasteiger partial charge in [0.1, 0.15) is 24.4 Å². The zero-order chi connectivity index (χ0) is 34.5. The molecule has 0 bridgehead atoms. The summed E-state index contributed by atoms with van der Waals surface area (Å²) >= 11 is 0. The molecule has 0 aliphatic carbocycles. The molecule has 1 aliphatic heterocycles. The van der Waals surface area contributed by atoms with Crippen LogP contribution in [0.25, 0.3) is 0 Å². The van der Waals surface area contributed by atoms with Gasteiger partial charge in [0, 0.05) is 41.4 Å². The molecule has 0 aromatic carbocycles. The summed E-state index contributed by atoms with van der Waals surface area (Å²) in [6.45, 7) is 2.55. The van der Waals surface area contributed by atoms with Crippen molar-refractivity contribution < 1.29 is 39.8 Å². The fourth-order valence-corrected chi connectivity index (χ4v) is 3.13. The first kappa shape index (κ1) is 38.9. The Balaban J connectivity index is 2.61. The van der Waals surface area contributed by atoms with Gasteiger partial charge in [0.05, 0.1) is 25.4 Å². The molecule has 0 spiro atoms. The van der Waals surface area contributed by atoms with E-state index in [2.05, 4.69) is 147 Å². The fraction of sp³-hybridized carbons (Fsp3) is 0.342. The van der Waals surface area contributed by atoms with Gasteiger partial charge in [-0.05, 0) is 108 Å². The predicted molar refractivity (Wildman–Crippen MR) is 172 cm³/mol. The van der Waals surface area contributed by atoms with Crippen LogP contribution in [0.1, 0.15) is 26.7 Å². The minimum Gasteiger partial charge on any atom is -0.394 e. The molecule has 232 valence electrons. The van der Waals surface area contributed by atoms with E-state index in [0.29, 0.717) is 12.8 Å². The van der Waals surface area contributed by atoms with Crippen molar-refractivity contribution in [2.75, 3.05) is 13.2 Å². The molecule has 0 aromatic heterocycles. The molecule has 9 nitrogen and oxygen atoms in total. The lowest BCUT2D eigenvalue weighted by molar-refractivity contribution is -0.302. The molecule has 7 atom stereocenters. The van der Waals surface area contributed by atoms with Crippen LogP contribution in [-0.2, 0) is 14.3 Å². The van der Waals surface area contributed by atoms with Gasteiger partial charge in [0.2, 0.25) is 0 Å². The van der Waals surface area contributed by atoms with Crippen molar-refractivity contribution in [2.45, 2.75) is 69.5 Å². The Labute approximate surface area is 275 Å². The van der Waals surface area contributed by atoms with Gasteiger partial charge >= 0.3 is 0 Å². The lowest BCUT2D eigenvalue weighted by Gasteiger charge is -2.40. The molecule has 47 heavy (non-hydrogen) atoms. The van der Waals surface area contributed by atoms with Gasteiger partial charge in [-0.2, -0.15) is 0 Å². The first-order valence-electron chi connectivity index (χ1n) is 13.7. The second-order valence-corrected chi connectivity index (χ2v) is 8.59. The molecule has 1 amide bonds. The van der Waals surface area contributed by atoms with Crippen LogP contribution in [0.3, 0.4) is 0 Å². The Hall–Kier alpha value is -6.09. The monoisotopic (exact) mass is 625 g/mol. The van der Waals surface area contributed by atoms with Gasteiger partial charge in [-0.25, -0.2) is 0 Å². The first-order valence-corrected chi connectivity index (χ1v) is 13.7. The Morgan fingerprint density at radius 1 is 0.702 bits per heavy atom. The molecule has 1 aliphatic rings. The number of hydrogen-bond donors (Lipinski definition) is 6. The lowest BCUT2D eigenvalue weighted by atomic mass is 9.99. The summed E-state index contributed by atoms with van der Waals surface area (Å²) in [6.07, 6.45) is -7.52. The molecular weight excluding hydrogens is 598 g/mol. The summed E-state index contributed by atoms with van der Waals surface area (Å²) < 4.78 is 10.7. The molecule has 1 heterocycles. The maximum absolute atomic E-state index is 12.3. The Morgan fingerprint density at radius 2 is 1.13 bits per heavy atom. The SMILES string of the molecule is CC#CC#CC#CC#CC#CC#CC#CC#CC#CC#CC#CC#CC(=O)N[C@@H](CO[C@@H]1OC(CO)[C@H](O)[C@H](O)C1O)[C@H](O)CCC. The van der Waals surface area contributed by atoms with Crippen molar-refractivity contribution in [1.29, 1.82) is 0 Å². The Morgan fingerprint density at radius 3 is 1.53 bits per heavy atom. The summed E-state index contributed by atoms with van der Waals surface area (Å²) in [6, 6.07) is -0.956. The second kappa shape index (κ2) is 25.3. The van der Waals surface area contributed by atoms with Crippen LogP contribution < -0.4 is 5.32 Å². The number of carbonyl (C=O) groups is 1. The van der Waals surface area contributed by atoms with Crippen LogP contribution in [0, 0.1) is 142 Å². The van der Waals surface area contributed by atoms with Gasteiger partial charge in [0.15, 0.2) is 6.29 Å². The minimum atomic E-state index is -1.63. The topological polar surface area (TPSA) is 149 Å². The highest BCUT2D eigenvalue weighted by molar-refractivity contribution is 5.94. The third-order valence-corrected chi connectivity index (χ3v) is 5.27. The maximum atomic E-state index is 12.3. The molecule has 2 unspecified atom stereocenters. The summed E-state index contributed by atoms with van der Waals surface area (Å²) in [5, 5.41) is 52.2. The number of aliphatic hydroxyl groups excluding tert-OH is 5. The van der Waals surface area contributed by atoms with Gasteiger partial charge < -0.3 is 40.3 Å². The zero-order valence-corrected chi connectivity index (χ0v) is 25.3. The number of carbonyl (C=O) groups excluding carboxylic acids is 1. The van der Waals surface area contributed by atoms with Crippen molar-refractivity contribution in [3.8, 4) is 142 Å². The maximum Gasteiger partial charge on any atom is 0.297 e. The van der Waals surface area contributed by atoms with E-state index in [0.717, 1.165) is 0 Å². The van der Waals surface area contributed by atoms with Crippen LogP contribution in [0.15, 0.2) is 0 Å². The molecule has 1 fully saturated rings. The van der Waals surface area contributed by atoms with Gasteiger partial charge in [-0.15, -0.1) is 0 Å². The first-order chi connectivity index (χ1) is 22.8. The van der Waals surface area contributed by atoms with Crippen LogP contribution in [0.4, 0.5) is 0 Å². The zero-order valence-electron chi connectivity index (χ0n) is 25.3. The normalized spacial score (nSPS) is 18.7. The molecule has 0 saturated carbocycles. The summed E-state index contributed by atoms with van der Waals surface area (Å²) in [4.78, 5) is 12.3. The molecule has 0 aromatic rings. The van der Waals surface area contributed by atoms with Crippen molar-refractivity contribution in [1.82, 2.24) is 5.32 Å². The van der Waals surface area contributed by atoms with E-state index >= 15 is 0 Å². The average Bonchev–Trinajstić information content (AvgIpc) is 3.06. The van der Waals surface area contributed by atoms with E-state index in [1.165, 1.54) is 0 Å². The number of aliphatic hydroxyl groups is 5. The van der Waals surface area contributed by atoms with Crippen molar-refractivity contribution in [3.05, 3.63) is 0 Å². The van der Waals surface area contributed by atoms with Crippen LogP contribution in [0.5, 0.6) is 0 Å². The molecule has 1 rings (SSSR count). The second-order valence-electron chi connectivity index (χ2n) is 8.59. The average molecular weight is 626 g/mol. The number of nitrogens with one attached hydrogen (secondary N) is 1. The highest BCUT2D eigenvalue weighted by Crippen LogP contribution is 2.22. The van der Waals surface area contributed by atoms with Crippen LogP contribution in [0.2, 0.25) is 0 Å². The summed E-state index contributed by atoms with van der Waals surface area (Å²) in [5.41, 5.74) is 0. The Bertz CT molecular complexity index is 1890. The van der Waals surface area contributed by atoms with E-state index in [9.17, 15) is 30.3 Å². The standard InChI is InChI=1S/C38H27NO8/c1-3-5-6-7-8-9-10-11-12-13-14-15-16-17-18-19-20-21-22-23-24-25-26-28-34(42)39-31(32(41)27-4-2)30-46-38-37(45)36(44)35(43)33(29-40)47-38/h31-33,35-38,40-41,43-45H,4,27,29-30H2,1-2H3,(H,39,42)/t31-,32+,33?,35-,36-,37?,38+/m0/s1. The summed E-state index contributed by atoms with van der Waals surface area (Å²) in [5.74, 6) is 58.3. The number of rotatable bonds is 8. The molecule has 6 N–H and O–H groups in total. The van der Waals surface area contributed by atoms with E-state index in [1.807, 2.05) is 6.92 Å². The molecule has 1 saturated heterocycles. The lowest BCUT2D eigenvalue weighted by Crippen LogP contribution is -2.60. The third-order valence-electron chi connectivity index (χ3n) is 5.27. The molecule has 0 radical (unpaired) electrons. The highest BCUT2D eigenvalue weighted by atomic mass is 16.7. The van der Waals surface area contributed by atoms with E-state index in [1.54, 1.807) is 6.92 Å². The largest absolute Gasteiger partial charge is 0.394 e. The fourth-order valence-electron chi connectivity index (χ4n) is 3.13. The van der Waals surface area contributed by atoms with E-state index < -0.39 is 55.4 Å². The molecule has 9 heteroatoms. The van der Waals surface area contributed by atoms with Crippen molar-refractivity contribution in [3.63, 3.8) is 0 Å². The van der Waals surface area contributed by atoms with Gasteiger partial charge in [0.25, 0.3) is 5.91 Å². The highest BCUT2D eigenvalue weighted by Gasteiger charge is 2.44. The summed E-state index contributed by atoms with van der Waals surface area (Å²) in [7, 11) is 0. The van der Waals surface area contributed by atoms with Crippen molar-refractivity contribution >= 4 is 5.91 Å². The predicted octanol–water partition coefficient (Wildman–Crippen LogP) is -2.49. The number of amides is 1. The van der Waals surface area contributed by atoms with Crippen LogP contribution in [-0.4, -0.2) is 87.5 Å². The molecular formula is C38H27NO8. The van der Waals surface area contributed by atoms with Crippen molar-refractivity contribution in [2.24, 2.45) is 0 Å². The van der Waals surface area contributed by atoms with Crippen LogP contribution >= 0.6 is 0 Å². The number of ether oxygens (including phenoxy) is 2. The quantitative estimate of drug-likeness (QED) is 0.163. The van der Waals surface area contributed by atoms with Gasteiger partial charge in [-0.1, -0.05) is 19.3 Å². The van der Waals surface area contributed by atoms with E-state index in [-0.39, 0.29) is 6.61 Å². The smallest absolute Gasteiger partial charge is 0.297 e.